The van der Waals surface area contributed by atoms with E-state index < -0.39 is 0 Å². The molecule has 2 unspecified atom stereocenters. The highest BCUT2D eigenvalue weighted by Gasteiger charge is 2.37. The summed E-state index contributed by atoms with van der Waals surface area (Å²) in [6.07, 6.45) is 11.0. The molecule has 0 amide bonds. The molecule has 3 aliphatic rings. The number of aromatic nitrogens is 2. The molecule has 278 valence electrons. The zero-order valence-electron chi connectivity index (χ0n) is 32.2. The van der Waals surface area contributed by atoms with Crippen molar-refractivity contribution in [2.24, 2.45) is 0 Å². The van der Waals surface area contributed by atoms with Crippen LogP contribution in [0.25, 0.3) is 61.4 Å². The van der Waals surface area contributed by atoms with Crippen molar-refractivity contribution in [3.05, 3.63) is 224 Å². The maximum atomic E-state index is 5.07. The summed E-state index contributed by atoms with van der Waals surface area (Å²) >= 11 is 0. The van der Waals surface area contributed by atoms with Crippen LogP contribution >= 0.6 is 0 Å². The summed E-state index contributed by atoms with van der Waals surface area (Å²) in [4.78, 5) is 10.0. The highest BCUT2D eigenvalue weighted by Crippen LogP contribution is 2.53. The van der Waals surface area contributed by atoms with Crippen LogP contribution in [0.1, 0.15) is 11.5 Å². The van der Waals surface area contributed by atoms with Crippen LogP contribution in [0.4, 0.5) is 28.4 Å². The van der Waals surface area contributed by atoms with Gasteiger partial charge < -0.3 is 9.80 Å². The van der Waals surface area contributed by atoms with E-state index in [2.05, 4.69) is 221 Å². The smallest absolute Gasteiger partial charge is 0.145 e. The van der Waals surface area contributed by atoms with Gasteiger partial charge in [0.25, 0.3) is 0 Å². The van der Waals surface area contributed by atoms with Crippen LogP contribution in [0.3, 0.4) is 0 Å². The molecule has 0 saturated carbocycles. The highest BCUT2D eigenvalue weighted by molar-refractivity contribution is 6.09. The minimum absolute atomic E-state index is 0.230. The lowest BCUT2D eigenvalue weighted by molar-refractivity contribution is 0.745. The van der Waals surface area contributed by atoms with E-state index in [1.165, 1.54) is 39.2 Å². The SMILES string of the molecule is C1=CC2c3ccccc3N(c3cccc(-c4cc(-c5ccccc5)cc(N5c6ccccc6-c6c(-c7ccccc7)c7cccnc7n6-c6ccccc65)c4)c3)C2C=C1. The molecule has 2 aliphatic heterocycles. The summed E-state index contributed by atoms with van der Waals surface area (Å²) in [5, 5.41) is 1.13. The minimum atomic E-state index is 0.230. The van der Waals surface area contributed by atoms with Gasteiger partial charge in [-0.25, -0.2) is 4.98 Å². The van der Waals surface area contributed by atoms with Crippen LogP contribution in [0.5, 0.6) is 0 Å². The first-order chi connectivity index (χ1) is 29.3. The van der Waals surface area contributed by atoms with Crippen LogP contribution in [-0.4, -0.2) is 15.6 Å². The molecule has 0 saturated heterocycles. The summed E-state index contributed by atoms with van der Waals surface area (Å²) in [6.45, 7) is 0. The topological polar surface area (TPSA) is 24.3 Å². The normalized spacial score (nSPS) is 15.9. The molecular weight excluding hydrogens is 717 g/mol. The van der Waals surface area contributed by atoms with E-state index in [4.69, 9.17) is 4.98 Å². The summed E-state index contributed by atoms with van der Waals surface area (Å²) in [5.41, 5.74) is 18.4. The van der Waals surface area contributed by atoms with Crippen molar-refractivity contribution >= 4 is 39.5 Å². The fourth-order valence-corrected chi connectivity index (χ4v) is 9.75. The molecule has 0 radical (unpaired) electrons. The second-order valence-corrected chi connectivity index (χ2v) is 15.5. The van der Waals surface area contributed by atoms with Crippen molar-refractivity contribution in [3.8, 4) is 50.3 Å². The number of para-hydroxylation sites is 4. The van der Waals surface area contributed by atoms with E-state index in [1.54, 1.807) is 0 Å². The molecule has 0 spiro atoms. The van der Waals surface area contributed by atoms with Gasteiger partial charge in [0.05, 0.1) is 28.8 Å². The van der Waals surface area contributed by atoms with E-state index in [9.17, 15) is 0 Å². The fourth-order valence-electron chi connectivity index (χ4n) is 9.75. The van der Waals surface area contributed by atoms with Gasteiger partial charge >= 0.3 is 0 Å². The number of hydrogen-bond donors (Lipinski definition) is 0. The first kappa shape index (κ1) is 33.4. The van der Waals surface area contributed by atoms with E-state index in [-0.39, 0.29) is 6.04 Å². The summed E-state index contributed by atoms with van der Waals surface area (Å²) in [7, 11) is 0. The Bertz CT molecular complexity index is 3140. The molecule has 2 atom stereocenters. The van der Waals surface area contributed by atoms with Gasteiger partial charge in [0, 0.05) is 45.7 Å². The van der Waals surface area contributed by atoms with Crippen LogP contribution in [0.2, 0.25) is 0 Å². The van der Waals surface area contributed by atoms with Crippen LogP contribution in [0, 0.1) is 0 Å². The van der Waals surface area contributed by atoms with Crippen LogP contribution < -0.4 is 9.80 Å². The molecule has 4 nitrogen and oxygen atoms in total. The number of allylic oxidation sites excluding steroid dienone is 2. The number of anilines is 5. The Balaban J connectivity index is 1.09. The predicted octanol–water partition coefficient (Wildman–Crippen LogP) is 14.2. The second kappa shape index (κ2) is 13.5. The molecule has 4 heterocycles. The van der Waals surface area contributed by atoms with Crippen LogP contribution in [-0.2, 0) is 0 Å². The van der Waals surface area contributed by atoms with Gasteiger partial charge in [-0.2, -0.15) is 0 Å². The number of hydrogen-bond acceptors (Lipinski definition) is 3. The summed E-state index contributed by atoms with van der Waals surface area (Å²) in [6, 6.07) is 68.7. The third-order valence-corrected chi connectivity index (χ3v) is 12.3. The molecule has 59 heavy (non-hydrogen) atoms. The largest absolute Gasteiger partial charge is 0.333 e. The molecule has 4 heteroatoms. The third kappa shape index (κ3) is 5.27. The molecule has 0 fully saturated rings. The molecule has 0 N–H and O–H groups in total. The first-order valence-corrected chi connectivity index (χ1v) is 20.4. The number of nitrogens with zero attached hydrogens (tertiary/aromatic N) is 4. The van der Waals surface area contributed by atoms with Crippen molar-refractivity contribution in [1.82, 2.24) is 9.55 Å². The lowest BCUT2D eigenvalue weighted by Gasteiger charge is -2.29. The number of pyridine rings is 1. The van der Waals surface area contributed by atoms with Crippen molar-refractivity contribution in [2.75, 3.05) is 9.80 Å². The third-order valence-electron chi connectivity index (χ3n) is 12.3. The van der Waals surface area contributed by atoms with Gasteiger partial charge in [0.1, 0.15) is 5.65 Å². The average molecular weight is 755 g/mol. The van der Waals surface area contributed by atoms with Gasteiger partial charge in [-0.05, 0) is 100 Å². The molecular formula is C55H38N4. The maximum Gasteiger partial charge on any atom is 0.145 e. The van der Waals surface area contributed by atoms with E-state index in [0.717, 1.165) is 56.2 Å². The van der Waals surface area contributed by atoms with E-state index in [1.807, 2.05) is 12.3 Å². The first-order valence-electron chi connectivity index (χ1n) is 20.4. The van der Waals surface area contributed by atoms with Gasteiger partial charge in [-0.3, -0.25) is 4.57 Å². The molecule has 7 aromatic carbocycles. The Kier molecular flexibility index (Phi) is 7.63. The Morgan fingerprint density at radius 1 is 0.441 bits per heavy atom. The summed E-state index contributed by atoms with van der Waals surface area (Å²) < 4.78 is 2.38. The lowest BCUT2D eigenvalue weighted by Crippen LogP contribution is -2.28. The molecule has 2 aromatic heterocycles. The monoisotopic (exact) mass is 754 g/mol. The van der Waals surface area contributed by atoms with Gasteiger partial charge in [0.2, 0.25) is 0 Å². The number of rotatable bonds is 5. The van der Waals surface area contributed by atoms with Crippen LogP contribution in [0.15, 0.2) is 219 Å². The van der Waals surface area contributed by atoms with Crippen molar-refractivity contribution in [1.29, 1.82) is 0 Å². The molecule has 1 aliphatic carbocycles. The lowest BCUT2D eigenvalue weighted by atomic mass is 9.91. The average Bonchev–Trinajstić information content (AvgIpc) is 3.79. The fraction of sp³-hybridized carbons (Fsp3) is 0.0364. The Hall–Kier alpha value is -7.69. The zero-order chi connectivity index (χ0) is 38.9. The molecule has 12 rings (SSSR count). The predicted molar refractivity (Wildman–Crippen MR) is 244 cm³/mol. The van der Waals surface area contributed by atoms with Gasteiger partial charge in [0.15, 0.2) is 0 Å². The van der Waals surface area contributed by atoms with Crippen molar-refractivity contribution in [2.45, 2.75) is 12.0 Å². The summed E-state index contributed by atoms with van der Waals surface area (Å²) in [5.74, 6) is 0.325. The van der Waals surface area contributed by atoms with Gasteiger partial charge in [-0.1, -0.05) is 146 Å². The number of benzene rings is 7. The molecule has 0 bridgehead atoms. The zero-order valence-corrected chi connectivity index (χ0v) is 32.2. The Labute approximate surface area is 343 Å². The van der Waals surface area contributed by atoms with Crippen molar-refractivity contribution in [3.63, 3.8) is 0 Å². The Morgan fingerprint density at radius 3 is 1.92 bits per heavy atom. The Morgan fingerprint density at radius 2 is 1.08 bits per heavy atom. The van der Waals surface area contributed by atoms with E-state index >= 15 is 0 Å². The van der Waals surface area contributed by atoms with Gasteiger partial charge in [-0.15, -0.1) is 0 Å². The maximum absolute atomic E-state index is 5.07. The number of fused-ring (bicyclic) bond motifs is 10. The quantitative estimate of drug-likeness (QED) is 0.175. The minimum Gasteiger partial charge on any atom is -0.333 e. The highest BCUT2D eigenvalue weighted by atomic mass is 15.2. The second-order valence-electron chi connectivity index (χ2n) is 15.5. The van der Waals surface area contributed by atoms with E-state index in [0.29, 0.717) is 5.92 Å². The standard InChI is InChI=1S/C55H38N4/c1-3-17-37(18-4-1)40-33-41(39-21-15-22-42(34-39)57-48-27-10-7-23-44(48)45-24-8-11-28-49(45)57)36-43(35-40)58-50-29-12-9-25-46(50)54-53(38-19-5-2-6-20-38)47-26-16-32-56-55(47)59(54)52-31-14-13-30-51(52)58/h1-36,44,48H. The van der Waals surface area contributed by atoms with Crippen molar-refractivity contribution < 1.29 is 0 Å². The molecule has 9 aromatic rings.